The topological polar surface area (TPSA) is 129 Å². The van der Waals surface area contributed by atoms with Crippen molar-refractivity contribution in [2.24, 2.45) is 0 Å². The number of morpholine rings is 1. The zero-order valence-electron chi connectivity index (χ0n) is 16.4. The van der Waals surface area contributed by atoms with Crippen LogP contribution >= 0.6 is 22.9 Å². The highest BCUT2D eigenvalue weighted by atomic mass is 35.5. The number of aromatic nitrogens is 4. The molecule has 0 radical (unpaired) electrons. The van der Waals surface area contributed by atoms with Crippen LogP contribution in [-0.4, -0.2) is 61.3 Å². The number of rotatable bonds is 8. The number of nitrogens with zero attached hydrogens (tertiary/aromatic N) is 5. The van der Waals surface area contributed by atoms with Gasteiger partial charge in [-0.25, -0.2) is 37.9 Å². The van der Waals surface area contributed by atoms with E-state index in [0.29, 0.717) is 54.5 Å². The van der Waals surface area contributed by atoms with Gasteiger partial charge < -0.3 is 9.64 Å². The molecule has 166 valence electrons. The lowest BCUT2D eigenvalue weighted by atomic mass is 10.3. The molecular formula is C17H19ClN6O5S2. The number of sulfonamides is 1. The average Bonchev–Trinajstić information content (AvgIpc) is 3.20. The van der Waals surface area contributed by atoms with Gasteiger partial charge in [0.15, 0.2) is 5.82 Å². The summed E-state index contributed by atoms with van der Waals surface area (Å²) in [4.78, 5) is 28.3. The van der Waals surface area contributed by atoms with Crippen LogP contribution in [0.15, 0.2) is 22.7 Å². The SMILES string of the molecule is CCOOCc1cnc(NS(=O)(=O)c2cc3nc(Cl)nc(N4CCOCC4)c3s2)nc1. The van der Waals surface area contributed by atoms with Crippen LogP contribution in [0.2, 0.25) is 5.28 Å². The van der Waals surface area contributed by atoms with E-state index in [-0.39, 0.29) is 22.0 Å². The number of hydrogen-bond acceptors (Lipinski definition) is 11. The minimum atomic E-state index is -3.94. The van der Waals surface area contributed by atoms with Gasteiger partial charge in [0.1, 0.15) is 10.8 Å². The molecule has 4 rings (SSSR count). The van der Waals surface area contributed by atoms with E-state index in [1.54, 1.807) is 6.92 Å². The van der Waals surface area contributed by atoms with E-state index in [0.717, 1.165) is 11.3 Å². The Balaban J connectivity index is 1.57. The van der Waals surface area contributed by atoms with E-state index in [2.05, 4.69) is 24.7 Å². The summed E-state index contributed by atoms with van der Waals surface area (Å²) in [5, 5.41) is 0.0527. The van der Waals surface area contributed by atoms with Crippen LogP contribution in [-0.2, 0) is 31.1 Å². The second-order valence-electron chi connectivity index (χ2n) is 6.38. The largest absolute Gasteiger partial charge is 0.378 e. The smallest absolute Gasteiger partial charge is 0.273 e. The minimum absolute atomic E-state index is 0.0527. The third kappa shape index (κ3) is 5.19. The molecule has 14 heteroatoms. The van der Waals surface area contributed by atoms with Gasteiger partial charge in [-0.2, -0.15) is 4.98 Å². The predicted octanol–water partition coefficient (Wildman–Crippen LogP) is 2.24. The molecule has 4 heterocycles. The summed E-state index contributed by atoms with van der Waals surface area (Å²) >= 11 is 7.14. The highest BCUT2D eigenvalue weighted by Crippen LogP contribution is 2.35. The van der Waals surface area contributed by atoms with E-state index in [1.807, 2.05) is 4.90 Å². The summed E-state index contributed by atoms with van der Waals surface area (Å²) in [6.07, 6.45) is 2.91. The van der Waals surface area contributed by atoms with Crippen molar-refractivity contribution in [2.75, 3.05) is 42.5 Å². The molecule has 0 aliphatic carbocycles. The third-order valence-corrected chi connectivity index (χ3v) is 7.33. The maximum absolute atomic E-state index is 12.9. The maximum Gasteiger partial charge on any atom is 0.273 e. The van der Waals surface area contributed by atoms with Gasteiger partial charge in [-0.05, 0) is 24.6 Å². The van der Waals surface area contributed by atoms with Gasteiger partial charge >= 0.3 is 0 Å². The Kier molecular flexibility index (Phi) is 6.79. The van der Waals surface area contributed by atoms with E-state index < -0.39 is 10.0 Å². The number of thiophene rings is 1. The molecule has 11 nitrogen and oxygen atoms in total. The van der Waals surface area contributed by atoms with Gasteiger partial charge in [-0.15, -0.1) is 11.3 Å². The Morgan fingerprint density at radius 2 is 1.97 bits per heavy atom. The van der Waals surface area contributed by atoms with E-state index in [9.17, 15) is 8.42 Å². The highest BCUT2D eigenvalue weighted by molar-refractivity contribution is 7.94. The molecule has 0 unspecified atom stereocenters. The van der Waals surface area contributed by atoms with Gasteiger partial charge in [0.25, 0.3) is 10.0 Å². The monoisotopic (exact) mass is 486 g/mol. The van der Waals surface area contributed by atoms with Crippen LogP contribution in [0, 0.1) is 0 Å². The molecule has 1 aliphatic heterocycles. The van der Waals surface area contributed by atoms with Crippen molar-refractivity contribution in [2.45, 2.75) is 17.7 Å². The highest BCUT2D eigenvalue weighted by Gasteiger charge is 2.24. The summed E-state index contributed by atoms with van der Waals surface area (Å²) < 4.78 is 34.2. The number of fused-ring (bicyclic) bond motifs is 1. The van der Waals surface area contributed by atoms with Crippen LogP contribution in [0.1, 0.15) is 12.5 Å². The van der Waals surface area contributed by atoms with Crippen molar-refractivity contribution in [3.63, 3.8) is 0 Å². The Labute approximate surface area is 187 Å². The molecule has 0 spiro atoms. The molecule has 31 heavy (non-hydrogen) atoms. The Hall–Kier alpha value is -2.16. The van der Waals surface area contributed by atoms with Gasteiger partial charge in [0.05, 0.1) is 30.0 Å². The van der Waals surface area contributed by atoms with E-state index in [1.165, 1.54) is 18.5 Å². The summed E-state index contributed by atoms with van der Waals surface area (Å²) in [7, 11) is -3.94. The first-order valence-electron chi connectivity index (χ1n) is 9.34. The second-order valence-corrected chi connectivity index (χ2v) is 9.68. The molecule has 0 amide bonds. The quantitative estimate of drug-likeness (QED) is 0.219. The minimum Gasteiger partial charge on any atom is -0.378 e. The Bertz CT molecular complexity index is 1150. The van der Waals surface area contributed by atoms with Gasteiger partial charge in [0, 0.05) is 31.0 Å². The number of ether oxygens (including phenoxy) is 1. The van der Waals surface area contributed by atoms with Gasteiger partial charge in [0.2, 0.25) is 11.2 Å². The van der Waals surface area contributed by atoms with E-state index >= 15 is 0 Å². The molecule has 1 saturated heterocycles. The van der Waals surface area contributed by atoms with Crippen LogP contribution in [0.25, 0.3) is 10.2 Å². The third-order valence-electron chi connectivity index (χ3n) is 4.24. The summed E-state index contributed by atoms with van der Waals surface area (Å²) in [6.45, 7) is 4.75. The first kappa shape index (κ1) is 22.0. The average molecular weight is 487 g/mol. The lowest BCUT2D eigenvalue weighted by Gasteiger charge is -2.28. The van der Waals surface area contributed by atoms with Crippen molar-refractivity contribution < 1.29 is 22.9 Å². The number of nitrogens with one attached hydrogen (secondary N) is 1. The van der Waals surface area contributed by atoms with E-state index in [4.69, 9.17) is 26.1 Å². The van der Waals surface area contributed by atoms with Gasteiger partial charge in [-0.1, -0.05) is 0 Å². The standard InChI is InChI=1S/C17H19ClN6O5S2/c1-2-28-29-10-11-8-19-17(20-9-11)23-31(25,26)13-7-12-14(30-13)15(22-16(18)21-12)24-3-5-27-6-4-24/h7-9H,2-6,10H2,1H3,(H,19,20,23). The summed E-state index contributed by atoms with van der Waals surface area (Å²) in [5.74, 6) is 0.537. The lowest BCUT2D eigenvalue weighted by molar-refractivity contribution is -0.300. The lowest BCUT2D eigenvalue weighted by Crippen LogP contribution is -2.36. The summed E-state index contributed by atoms with van der Waals surface area (Å²) in [5.41, 5.74) is 1.09. The van der Waals surface area contributed by atoms with Crippen LogP contribution in [0.3, 0.4) is 0 Å². The normalized spacial score (nSPS) is 14.8. The predicted molar refractivity (Wildman–Crippen MR) is 115 cm³/mol. The number of halogens is 1. The first-order chi connectivity index (χ1) is 15.0. The molecule has 0 aromatic carbocycles. The molecule has 0 atom stereocenters. The maximum atomic E-state index is 12.9. The number of anilines is 2. The Morgan fingerprint density at radius 1 is 1.23 bits per heavy atom. The van der Waals surface area contributed by atoms with Crippen LogP contribution in [0.4, 0.5) is 11.8 Å². The van der Waals surface area contributed by atoms with Crippen LogP contribution in [0.5, 0.6) is 0 Å². The van der Waals surface area contributed by atoms with Crippen molar-refractivity contribution in [1.82, 2.24) is 19.9 Å². The van der Waals surface area contributed by atoms with Crippen molar-refractivity contribution in [1.29, 1.82) is 0 Å². The molecule has 3 aromatic heterocycles. The van der Waals surface area contributed by atoms with Crippen molar-refractivity contribution in [3.05, 3.63) is 29.3 Å². The fourth-order valence-corrected chi connectivity index (χ4v) is 5.38. The molecule has 1 fully saturated rings. The molecule has 1 N–H and O–H groups in total. The van der Waals surface area contributed by atoms with Crippen molar-refractivity contribution >= 4 is 54.9 Å². The first-order valence-corrected chi connectivity index (χ1v) is 12.0. The molecule has 0 saturated carbocycles. The zero-order chi connectivity index (χ0) is 21.8. The van der Waals surface area contributed by atoms with Crippen molar-refractivity contribution in [3.8, 4) is 0 Å². The molecule has 1 aliphatic rings. The van der Waals surface area contributed by atoms with Crippen LogP contribution < -0.4 is 9.62 Å². The molecule has 0 bridgehead atoms. The molecular weight excluding hydrogens is 468 g/mol. The van der Waals surface area contributed by atoms with Gasteiger partial charge in [-0.3, -0.25) is 0 Å². The fraction of sp³-hybridized carbons (Fsp3) is 0.412. The second kappa shape index (κ2) is 9.54. The summed E-state index contributed by atoms with van der Waals surface area (Å²) in [6, 6.07) is 1.46. The molecule has 3 aromatic rings. The number of hydrogen-bond donors (Lipinski definition) is 1. The fourth-order valence-electron chi connectivity index (χ4n) is 2.83. The Morgan fingerprint density at radius 3 is 2.68 bits per heavy atom. The zero-order valence-corrected chi connectivity index (χ0v) is 18.8.